The molecule has 0 fully saturated rings. The van der Waals surface area contributed by atoms with Gasteiger partial charge in [-0.3, -0.25) is 4.79 Å². The normalized spacial score (nSPS) is 16.0. The number of fused-ring (bicyclic) bond motifs is 2. The Morgan fingerprint density at radius 3 is 1.69 bits per heavy atom. The minimum atomic E-state index is -3.49. The van der Waals surface area contributed by atoms with Crippen molar-refractivity contribution in [3.8, 4) is 0 Å². The van der Waals surface area contributed by atoms with Crippen molar-refractivity contribution >= 4 is 37.5 Å². The fraction of sp³-hybridized carbons (Fsp3) is 0.208. The van der Waals surface area contributed by atoms with E-state index in [-0.39, 0.29) is 21.3 Å². The van der Waals surface area contributed by atoms with Crippen molar-refractivity contribution in [1.29, 1.82) is 0 Å². The second kappa shape index (κ2) is 10.1. The number of esters is 1. The summed E-state index contributed by atoms with van der Waals surface area (Å²) in [6.45, 7) is 3.47. The molecule has 0 spiro atoms. The predicted octanol–water partition coefficient (Wildman–Crippen LogP) is 1.88. The van der Waals surface area contributed by atoms with Gasteiger partial charge in [0, 0.05) is 16.4 Å². The third kappa shape index (κ3) is 5.55. The molecule has 2 aliphatic heterocycles. The van der Waals surface area contributed by atoms with E-state index in [4.69, 9.17) is 11.5 Å². The van der Waals surface area contributed by atoms with E-state index in [0.29, 0.717) is 29.5 Å². The summed E-state index contributed by atoms with van der Waals surface area (Å²) in [4.78, 5) is 27.1. The lowest BCUT2D eigenvalue weighted by Gasteiger charge is -2.14. The number of rotatable bonds is 2. The number of carbonyl (C=O) groups excluding carboxylic acids is 2. The number of nitrogens with zero attached hydrogens (tertiary/aromatic N) is 1. The van der Waals surface area contributed by atoms with Crippen LogP contribution in [-0.4, -0.2) is 41.8 Å². The van der Waals surface area contributed by atoms with Crippen LogP contribution in [0.3, 0.4) is 0 Å². The van der Waals surface area contributed by atoms with Crippen LogP contribution in [0, 0.1) is 13.8 Å². The Morgan fingerprint density at radius 2 is 1.25 bits per heavy atom. The SMILES string of the molecule is COC(=O)c1cc2c(cc1C)CC=CS2(=O)=O.Cc1cc2c(cc1C(=O)N=C(N)N)S(=O)(=O)C=CC2. The minimum Gasteiger partial charge on any atom is -0.465 e. The van der Waals surface area contributed by atoms with Gasteiger partial charge in [0.15, 0.2) is 25.6 Å². The largest absolute Gasteiger partial charge is 0.465 e. The van der Waals surface area contributed by atoms with E-state index in [1.807, 2.05) is 0 Å². The van der Waals surface area contributed by atoms with Gasteiger partial charge in [0.1, 0.15) is 0 Å². The number of hydrogen-bond donors (Lipinski definition) is 2. The van der Waals surface area contributed by atoms with Crippen molar-refractivity contribution in [2.45, 2.75) is 36.5 Å². The Labute approximate surface area is 209 Å². The van der Waals surface area contributed by atoms with E-state index in [9.17, 15) is 26.4 Å². The summed E-state index contributed by atoms with van der Waals surface area (Å²) in [5.74, 6) is -1.52. The molecule has 10 nitrogen and oxygen atoms in total. The van der Waals surface area contributed by atoms with Gasteiger partial charge in [0.25, 0.3) is 5.91 Å². The fourth-order valence-corrected chi connectivity index (χ4v) is 6.40. The number of amides is 1. The lowest BCUT2D eigenvalue weighted by Crippen LogP contribution is -2.24. The van der Waals surface area contributed by atoms with Gasteiger partial charge in [-0.2, -0.15) is 4.99 Å². The molecule has 2 aromatic rings. The van der Waals surface area contributed by atoms with Crippen molar-refractivity contribution in [3.05, 3.63) is 80.6 Å². The molecule has 4 N–H and O–H groups in total. The maximum absolute atomic E-state index is 11.9. The van der Waals surface area contributed by atoms with E-state index in [1.54, 1.807) is 38.1 Å². The highest BCUT2D eigenvalue weighted by Gasteiger charge is 2.24. The van der Waals surface area contributed by atoms with Gasteiger partial charge in [-0.15, -0.1) is 0 Å². The van der Waals surface area contributed by atoms with E-state index in [0.717, 1.165) is 16.5 Å². The molecule has 2 aromatic carbocycles. The first-order valence-electron chi connectivity index (χ1n) is 10.6. The van der Waals surface area contributed by atoms with E-state index in [2.05, 4.69) is 9.73 Å². The Bertz CT molecular complexity index is 1570. The molecule has 0 atom stereocenters. The number of carbonyl (C=O) groups is 2. The van der Waals surface area contributed by atoms with Gasteiger partial charge in [-0.25, -0.2) is 21.6 Å². The maximum atomic E-state index is 11.9. The number of nitrogens with two attached hydrogens (primary N) is 2. The average molecular weight is 532 g/mol. The number of sulfone groups is 2. The van der Waals surface area contributed by atoms with Crippen LogP contribution in [0.1, 0.15) is 43.0 Å². The number of aryl methyl sites for hydroxylation is 2. The molecule has 0 unspecified atom stereocenters. The third-order valence-electron chi connectivity index (χ3n) is 5.52. The highest BCUT2D eigenvalue weighted by Crippen LogP contribution is 2.28. The summed E-state index contributed by atoms with van der Waals surface area (Å²) in [6.07, 6.45) is 4.27. The van der Waals surface area contributed by atoms with Gasteiger partial charge in [-0.05, 0) is 61.1 Å². The summed E-state index contributed by atoms with van der Waals surface area (Å²) < 4.78 is 52.0. The standard InChI is InChI=1S/C12H13N3O3S.C12H12O4S/c1-7-5-8-3-2-4-19(17,18)10(8)6-9(7)11(16)15-12(13)14;1-8-6-9-4-3-5-17(14,15)11(9)7-10(8)12(13)16-2/h2,4-6H,3H2,1H3,(H4,13,14,15,16);3,5-7H,4H2,1-2H3. The van der Waals surface area contributed by atoms with Crippen LogP contribution >= 0.6 is 0 Å². The Hall–Kier alpha value is -3.77. The number of guanidine groups is 1. The molecule has 0 aliphatic carbocycles. The molecule has 36 heavy (non-hydrogen) atoms. The maximum Gasteiger partial charge on any atom is 0.338 e. The second-order valence-electron chi connectivity index (χ2n) is 8.12. The molecule has 0 radical (unpaired) electrons. The monoisotopic (exact) mass is 531 g/mol. The topological polar surface area (TPSA) is 176 Å². The summed E-state index contributed by atoms with van der Waals surface area (Å²) in [7, 11) is -5.63. The van der Waals surface area contributed by atoms with Crippen LogP contribution in [0.15, 0.2) is 62.0 Å². The molecule has 0 aromatic heterocycles. The smallest absolute Gasteiger partial charge is 0.338 e. The van der Waals surface area contributed by atoms with E-state index < -0.39 is 31.6 Å². The second-order valence-corrected chi connectivity index (χ2v) is 11.7. The van der Waals surface area contributed by atoms with Gasteiger partial charge < -0.3 is 16.2 Å². The fourth-order valence-electron chi connectivity index (χ4n) is 3.83. The van der Waals surface area contributed by atoms with E-state index >= 15 is 0 Å². The molecule has 4 rings (SSSR count). The Kier molecular flexibility index (Phi) is 7.51. The molecule has 0 bridgehead atoms. The van der Waals surface area contributed by atoms with Crippen molar-refractivity contribution < 1.29 is 31.2 Å². The van der Waals surface area contributed by atoms with Gasteiger partial charge in [-0.1, -0.05) is 24.3 Å². The van der Waals surface area contributed by atoms with Gasteiger partial charge >= 0.3 is 5.97 Å². The quantitative estimate of drug-likeness (QED) is 0.333. The van der Waals surface area contributed by atoms with Crippen LogP contribution in [-0.2, 0) is 37.3 Å². The molecule has 190 valence electrons. The van der Waals surface area contributed by atoms with Crippen LogP contribution in [0.25, 0.3) is 0 Å². The van der Waals surface area contributed by atoms with Crippen molar-refractivity contribution in [3.63, 3.8) is 0 Å². The van der Waals surface area contributed by atoms with Crippen molar-refractivity contribution in [2.75, 3.05) is 7.11 Å². The molecular weight excluding hydrogens is 506 g/mol. The molecule has 1 amide bonds. The van der Waals surface area contributed by atoms with Crippen LogP contribution in [0.5, 0.6) is 0 Å². The zero-order valence-electron chi connectivity index (χ0n) is 19.8. The first-order chi connectivity index (χ1) is 16.8. The zero-order chi connectivity index (χ0) is 26.8. The number of allylic oxidation sites excluding steroid dienone is 2. The molecular formula is C24H25N3O7S2. The van der Waals surface area contributed by atoms with Crippen molar-refractivity contribution in [1.82, 2.24) is 0 Å². The van der Waals surface area contributed by atoms with Gasteiger partial charge in [0.2, 0.25) is 0 Å². The summed E-state index contributed by atoms with van der Waals surface area (Å²) in [6, 6.07) is 6.13. The van der Waals surface area contributed by atoms with Gasteiger partial charge in [0.05, 0.1) is 22.5 Å². The molecule has 0 saturated carbocycles. The number of methoxy groups -OCH3 is 1. The number of ether oxygens (including phenoxy) is 1. The lowest BCUT2D eigenvalue weighted by atomic mass is 10.0. The van der Waals surface area contributed by atoms with Crippen LogP contribution in [0.4, 0.5) is 0 Å². The number of hydrogen-bond acceptors (Lipinski definition) is 7. The summed E-state index contributed by atoms with van der Waals surface area (Å²) in [5.41, 5.74) is 13.5. The summed E-state index contributed by atoms with van der Waals surface area (Å²) in [5, 5.41) is 2.31. The molecule has 0 saturated heterocycles. The predicted molar refractivity (Wildman–Crippen MR) is 134 cm³/mol. The molecule has 2 aliphatic rings. The Balaban J connectivity index is 0.000000202. The first-order valence-corrected chi connectivity index (χ1v) is 13.7. The lowest BCUT2D eigenvalue weighted by molar-refractivity contribution is 0.0599. The van der Waals surface area contributed by atoms with Crippen LogP contribution in [0.2, 0.25) is 0 Å². The minimum absolute atomic E-state index is 0.134. The van der Waals surface area contributed by atoms with Crippen LogP contribution < -0.4 is 11.5 Å². The highest BCUT2D eigenvalue weighted by atomic mass is 32.2. The third-order valence-corrected chi connectivity index (χ3v) is 8.61. The molecule has 12 heteroatoms. The number of benzene rings is 2. The highest BCUT2D eigenvalue weighted by molar-refractivity contribution is 7.94. The summed E-state index contributed by atoms with van der Waals surface area (Å²) >= 11 is 0. The average Bonchev–Trinajstić information content (AvgIpc) is 2.77. The number of aliphatic imine (C=N–C) groups is 1. The molecule has 2 heterocycles. The Morgan fingerprint density at radius 1 is 0.806 bits per heavy atom. The first kappa shape index (κ1) is 26.8. The van der Waals surface area contributed by atoms with Crippen molar-refractivity contribution in [2.24, 2.45) is 16.5 Å². The van der Waals surface area contributed by atoms with E-state index in [1.165, 1.54) is 24.7 Å². The zero-order valence-corrected chi connectivity index (χ0v) is 21.4.